The molecule has 0 saturated carbocycles. The van der Waals surface area contributed by atoms with Crippen molar-refractivity contribution in [3.05, 3.63) is 29.8 Å². The third kappa shape index (κ3) is 6.56. The Balaban J connectivity index is 2.53. The maximum absolute atomic E-state index is 12.1. The van der Waals surface area contributed by atoms with Gasteiger partial charge in [0, 0.05) is 7.05 Å². The van der Waals surface area contributed by atoms with Gasteiger partial charge in [-0.3, -0.25) is 9.63 Å². The summed E-state index contributed by atoms with van der Waals surface area (Å²) in [4.78, 5) is 28.5. The molecule has 1 rings (SSSR count). The fraction of sp³-hybridized carbons (Fsp3) is 0.500. The summed E-state index contributed by atoms with van der Waals surface area (Å²) in [5, 5.41) is 3.70. The number of ether oxygens (including phenoxy) is 2. The Hall–Kier alpha value is -2.28. The van der Waals surface area contributed by atoms with Crippen LogP contribution in [0.25, 0.3) is 0 Å². The van der Waals surface area contributed by atoms with Crippen LogP contribution in [0.15, 0.2) is 24.3 Å². The second-order valence-electron chi connectivity index (χ2n) is 5.76. The summed E-state index contributed by atoms with van der Waals surface area (Å²) < 4.78 is 10.7. The van der Waals surface area contributed by atoms with Crippen molar-refractivity contribution in [1.82, 2.24) is 10.4 Å². The van der Waals surface area contributed by atoms with Gasteiger partial charge in [-0.1, -0.05) is 12.1 Å². The molecule has 1 aromatic carbocycles. The molecule has 0 bridgehead atoms. The van der Waals surface area contributed by atoms with Gasteiger partial charge < -0.3 is 14.8 Å². The normalized spacial score (nSPS) is 10.8. The lowest BCUT2D eigenvalue weighted by Crippen LogP contribution is -2.34. The van der Waals surface area contributed by atoms with E-state index in [2.05, 4.69) is 5.32 Å². The first-order valence-corrected chi connectivity index (χ1v) is 7.25. The number of alkyl carbamates (subject to hydrolysis) is 1. The molecule has 0 fully saturated rings. The minimum atomic E-state index is -0.547. The number of nitrogens with one attached hydrogen (secondary N) is 1. The number of carbonyl (C=O) groups is 2. The molecule has 23 heavy (non-hydrogen) atoms. The van der Waals surface area contributed by atoms with E-state index in [1.165, 1.54) is 14.2 Å². The van der Waals surface area contributed by atoms with Crippen molar-refractivity contribution >= 4 is 12.0 Å². The maximum Gasteiger partial charge on any atom is 0.407 e. The molecule has 0 aromatic heterocycles. The summed E-state index contributed by atoms with van der Waals surface area (Å²) in [5.41, 5.74) is -0.163. The molecule has 1 N–H and O–H groups in total. The first kappa shape index (κ1) is 18.8. The molecule has 7 heteroatoms. The molecule has 0 aliphatic heterocycles. The summed E-state index contributed by atoms with van der Waals surface area (Å²) in [7, 11) is 2.93. The van der Waals surface area contributed by atoms with Crippen LogP contribution in [0, 0.1) is 0 Å². The lowest BCUT2D eigenvalue weighted by molar-refractivity contribution is -0.0758. The van der Waals surface area contributed by atoms with E-state index in [-0.39, 0.29) is 19.1 Å². The highest BCUT2D eigenvalue weighted by Gasteiger charge is 2.17. The number of benzene rings is 1. The van der Waals surface area contributed by atoms with E-state index < -0.39 is 11.7 Å². The Morgan fingerprint density at radius 1 is 1.22 bits per heavy atom. The van der Waals surface area contributed by atoms with Gasteiger partial charge in [0.1, 0.15) is 18.0 Å². The van der Waals surface area contributed by atoms with Crippen molar-refractivity contribution in [2.45, 2.75) is 26.4 Å². The van der Waals surface area contributed by atoms with Crippen LogP contribution in [0.2, 0.25) is 0 Å². The quantitative estimate of drug-likeness (QED) is 0.641. The number of para-hydroxylation sites is 1. The van der Waals surface area contributed by atoms with Crippen molar-refractivity contribution in [1.29, 1.82) is 0 Å². The zero-order chi connectivity index (χ0) is 17.5. The fourth-order valence-corrected chi connectivity index (χ4v) is 1.65. The van der Waals surface area contributed by atoms with Crippen LogP contribution in [0.5, 0.6) is 5.75 Å². The van der Waals surface area contributed by atoms with Gasteiger partial charge >= 0.3 is 6.09 Å². The van der Waals surface area contributed by atoms with E-state index in [4.69, 9.17) is 14.3 Å². The van der Waals surface area contributed by atoms with E-state index in [0.29, 0.717) is 11.3 Å². The van der Waals surface area contributed by atoms with E-state index in [9.17, 15) is 9.59 Å². The number of nitrogens with zero attached hydrogens (tertiary/aromatic N) is 1. The van der Waals surface area contributed by atoms with Crippen LogP contribution in [0.3, 0.4) is 0 Å². The van der Waals surface area contributed by atoms with Crippen LogP contribution in [0.4, 0.5) is 4.79 Å². The molecule has 2 amide bonds. The molecule has 0 aliphatic rings. The van der Waals surface area contributed by atoms with Gasteiger partial charge in [0.15, 0.2) is 0 Å². The Morgan fingerprint density at radius 2 is 1.87 bits per heavy atom. The minimum absolute atomic E-state index is 0.209. The first-order chi connectivity index (χ1) is 10.7. The van der Waals surface area contributed by atoms with Crippen LogP contribution in [-0.4, -0.2) is 50.0 Å². The van der Waals surface area contributed by atoms with Crippen molar-refractivity contribution in [3.63, 3.8) is 0 Å². The molecular weight excluding hydrogens is 300 g/mol. The number of amides is 2. The van der Waals surface area contributed by atoms with Crippen molar-refractivity contribution < 1.29 is 23.9 Å². The van der Waals surface area contributed by atoms with Crippen LogP contribution in [-0.2, 0) is 9.57 Å². The molecule has 0 spiro atoms. The van der Waals surface area contributed by atoms with E-state index in [1.807, 2.05) is 0 Å². The van der Waals surface area contributed by atoms with Crippen molar-refractivity contribution in [2.75, 3.05) is 27.3 Å². The average molecular weight is 324 g/mol. The van der Waals surface area contributed by atoms with Gasteiger partial charge in [-0.15, -0.1) is 0 Å². The number of hydrogen-bond donors (Lipinski definition) is 1. The molecule has 0 radical (unpaired) electrons. The van der Waals surface area contributed by atoms with Crippen LogP contribution >= 0.6 is 0 Å². The van der Waals surface area contributed by atoms with Crippen molar-refractivity contribution in [2.24, 2.45) is 0 Å². The summed E-state index contributed by atoms with van der Waals surface area (Å²) in [6.07, 6.45) is -0.510. The largest absolute Gasteiger partial charge is 0.491 e. The second-order valence-corrected chi connectivity index (χ2v) is 5.76. The third-order valence-electron chi connectivity index (χ3n) is 2.71. The molecular formula is C16H24N2O5. The summed E-state index contributed by atoms with van der Waals surface area (Å²) in [6, 6.07) is 6.83. The second kappa shape index (κ2) is 8.38. The van der Waals surface area contributed by atoms with Crippen LogP contribution < -0.4 is 10.1 Å². The predicted molar refractivity (Wildman–Crippen MR) is 85.3 cm³/mol. The lowest BCUT2D eigenvalue weighted by atomic mass is 10.2. The minimum Gasteiger partial charge on any atom is -0.491 e. The highest BCUT2D eigenvalue weighted by atomic mass is 16.7. The van der Waals surface area contributed by atoms with E-state index in [1.54, 1.807) is 45.0 Å². The molecule has 1 aromatic rings. The molecule has 128 valence electrons. The Labute approximate surface area is 136 Å². The average Bonchev–Trinajstić information content (AvgIpc) is 2.48. The van der Waals surface area contributed by atoms with E-state index >= 15 is 0 Å². The summed E-state index contributed by atoms with van der Waals surface area (Å²) in [5.74, 6) is 0.107. The summed E-state index contributed by atoms with van der Waals surface area (Å²) in [6.45, 7) is 5.84. The molecule has 0 heterocycles. The van der Waals surface area contributed by atoms with Crippen LogP contribution in [0.1, 0.15) is 31.1 Å². The molecule has 7 nitrogen and oxygen atoms in total. The summed E-state index contributed by atoms with van der Waals surface area (Å²) >= 11 is 0. The fourth-order valence-electron chi connectivity index (χ4n) is 1.65. The van der Waals surface area contributed by atoms with Gasteiger partial charge in [0.05, 0.1) is 19.2 Å². The highest BCUT2D eigenvalue weighted by molar-refractivity contribution is 5.96. The number of hydroxylamine groups is 2. The lowest BCUT2D eigenvalue weighted by Gasteiger charge is -2.20. The molecule has 0 saturated heterocycles. The van der Waals surface area contributed by atoms with Gasteiger partial charge in [-0.05, 0) is 32.9 Å². The van der Waals surface area contributed by atoms with Crippen molar-refractivity contribution in [3.8, 4) is 5.75 Å². The number of carbonyl (C=O) groups excluding carboxylic acids is 2. The van der Waals surface area contributed by atoms with Gasteiger partial charge in [-0.2, -0.15) is 0 Å². The van der Waals surface area contributed by atoms with Gasteiger partial charge in [0.25, 0.3) is 5.91 Å². The van der Waals surface area contributed by atoms with Gasteiger partial charge in [-0.25, -0.2) is 9.86 Å². The number of hydrogen-bond acceptors (Lipinski definition) is 5. The molecule has 0 atom stereocenters. The maximum atomic E-state index is 12.1. The molecule has 0 aliphatic carbocycles. The smallest absolute Gasteiger partial charge is 0.407 e. The number of rotatable bonds is 6. The standard InChI is InChI=1S/C16H24N2O5/c1-16(2,3)23-15(20)17-10-11-22-13-9-7-6-8-12(13)14(19)18(4)21-5/h6-9H,10-11H2,1-5H3,(H,17,20). The third-order valence-corrected chi connectivity index (χ3v) is 2.71. The topological polar surface area (TPSA) is 77.1 Å². The molecule has 0 unspecified atom stereocenters. The zero-order valence-electron chi connectivity index (χ0n) is 14.2. The first-order valence-electron chi connectivity index (χ1n) is 7.25. The Bertz CT molecular complexity index is 540. The highest BCUT2D eigenvalue weighted by Crippen LogP contribution is 2.19. The van der Waals surface area contributed by atoms with Gasteiger partial charge in [0.2, 0.25) is 0 Å². The SMILES string of the molecule is CON(C)C(=O)c1ccccc1OCCNC(=O)OC(C)(C)C. The zero-order valence-corrected chi connectivity index (χ0v) is 14.2. The Kier molecular flexibility index (Phi) is 6.84. The van der Waals surface area contributed by atoms with E-state index in [0.717, 1.165) is 5.06 Å². The monoisotopic (exact) mass is 324 g/mol. The Morgan fingerprint density at radius 3 is 2.48 bits per heavy atom. The predicted octanol–water partition coefficient (Wildman–Crippen LogP) is 2.22.